The summed E-state index contributed by atoms with van der Waals surface area (Å²) in [6.07, 6.45) is 1.76. The van der Waals surface area contributed by atoms with Crippen LogP contribution in [-0.4, -0.2) is 91.5 Å². The number of carbonyl (C=O) groups excluding carboxylic acids is 3. The number of aldehydes is 1. The molecule has 3 rings (SSSR count). The molecular weight excluding hydrogens is 468 g/mol. The van der Waals surface area contributed by atoms with Crippen molar-refractivity contribution in [2.45, 2.75) is 57.3 Å². The van der Waals surface area contributed by atoms with Gasteiger partial charge in [0.25, 0.3) is 0 Å². The van der Waals surface area contributed by atoms with Crippen LogP contribution >= 0.6 is 0 Å². The first kappa shape index (κ1) is 27.6. The van der Waals surface area contributed by atoms with Gasteiger partial charge in [-0.1, -0.05) is 6.92 Å². The van der Waals surface area contributed by atoms with Crippen LogP contribution in [0.1, 0.15) is 54.9 Å². The van der Waals surface area contributed by atoms with Crippen LogP contribution in [0.25, 0.3) is 0 Å². The average Bonchev–Trinajstić information content (AvgIpc) is 3.27. The van der Waals surface area contributed by atoms with Gasteiger partial charge in [0.1, 0.15) is 18.5 Å². The molecule has 0 spiro atoms. The maximum absolute atomic E-state index is 13.2. The van der Waals surface area contributed by atoms with E-state index in [1.165, 1.54) is 13.2 Å². The minimum absolute atomic E-state index is 0.0407. The van der Waals surface area contributed by atoms with Gasteiger partial charge in [-0.25, -0.2) is 0 Å². The van der Waals surface area contributed by atoms with Gasteiger partial charge in [-0.15, -0.1) is 0 Å². The molecule has 0 radical (unpaired) electrons. The molecule has 0 bridgehead atoms. The van der Waals surface area contributed by atoms with E-state index in [-0.39, 0.29) is 19.1 Å². The Morgan fingerprint density at radius 3 is 2.69 bits per heavy atom. The Labute approximate surface area is 211 Å². The summed E-state index contributed by atoms with van der Waals surface area (Å²) in [5.74, 6) is -0.607. The van der Waals surface area contributed by atoms with Crippen molar-refractivity contribution in [2.75, 3.05) is 40.0 Å². The summed E-state index contributed by atoms with van der Waals surface area (Å²) < 4.78 is 17.0. The molecule has 36 heavy (non-hydrogen) atoms. The van der Waals surface area contributed by atoms with Crippen LogP contribution in [0.15, 0.2) is 23.8 Å². The fourth-order valence-electron chi connectivity index (χ4n) is 4.84. The maximum atomic E-state index is 13.2. The molecule has 1 aliphatic heterocycles. The normalized spacial score (nSPS) is 22.1. The number of rotatable bonds is 13. The van der Waals surface area contributed by atoms with Gasteiger partial charge in [-0.3, -0.25) is 14.4 Å². The topological polar surface area (TPSA) is 135 Å². The van der Waals surface area contributed by atoms with E-state index in [1.807, 2.05) is 13.8 Å². The number of hydrogen-bond donors (Lipinski definition) is 3. The van der Waals surface area contributed by atoms with Crippen LogP contribution in [0.2, 0.25) is 0 Å². The Morgan fingerprint density at radius 1 is 1.28 bits per heavy atom. The Bertz CT molecular complexity index is 979. The molecule has 0 aromatic heterocycles. The Kier molecular flexibility index (Phi) is 9.86. The summed E-state index contributed by atoms with van der Waals surface area (Å²) in [5, 5.41) is 23.4. The highest BCUT2D eigenvalue weighted by molar-refractivity contribution is 5.96. The fraction of sp³-hybridized carbons (Fsp3) is 0.577. The van der Waals surface area contributed by atoms with Crippen LogP contribution in [0.4, 0.5) is 0 Å². The number of nitrogens with one attached hydrogen (secondary N) is 1. The van der Waals surface area contributed by atoms with Crippen molar-refractivity contribution in [3.05, 3.63) is 34.9 Å². The van der Waals surface area contributed by atoms with Gasteiger partial charge < -0.3 is 34.6 Å². The zero-order valence-electron chi connectivity index (χ0n) is 21.1. The molecule has 4 atom stereocenters. The number of fused-ring (bicyclic) bond motifs is 3. The van der Waals surface area contributed by atoms with Gasteiger partial charge in [0.05, 0.1) is 25.7 Å². The minimum Gasteiger partial charge on any atom is -0.493 e. The van der Waals surface area contributed by atoms with Gasteiger partial charge in [0, 0.05) is 49.4 Å². The van der Waals surface area contributed by atoms with E-state index in [2.05, 4.69) is 5.32 Å². The number of ether oxygens (including phenoxy) is 3. The number of methoxy groups -OCH3 is 1. The zero-order valence-corrected chi connectivity index (χ0v) is 21.1. The van der Waals surface area contributed by atoms with E-state index in [1.54, 1.807) is 17.0 Å². The number of carbonyl (C=O) groups is 3. The molecule has 2 amide bonds. The standard InChI is InChI=1S/C26H36N2O8/c1-4-7-21(31)28(9-6-11-35-5-2)19-14-18(26(33)27-8-10-29)22-17-12-16(15-30)13-20(34-3)24(17)36-25(22)23(19)32/h12-15,19,22-23,25,29,32H,4-11H2,1-3H3,(H,27,33). The van der Waals surface area contributed by atoms with Gasteiger partial charge >= 0.3 is 0 Å². The maximum Gasteiger partial charge on any atom is 0.247 e. The summed E-state index contributed by atoms with van der Waals surface area (Å²) in [7, 11) is 1.45. The van der Waals surface area contributed by atoms with Gasteiger partial charge in [0.2, 0.25) is 11.8 Å². The number of amides is 2. The molecule has 0 saturated carbocycles. The molecule has 198 valence electrons. The Hall–Kier alpha value is -2.95. The molecule has 0 saturated heterocycles. The first-order chi connectivity index (χ1) is 17.4. The van der Waals surface area contributed by atoms with E-state index in [0.717, 1.165) is 0 Å². The van der Waals surface area contributed by atoms with Gasteiger partial charge in [0.15, 0.2) is 11.5 Å². The first-order valence-electron chi connectivity index (χ1n) is 12.4. The molecular formula is C26H36N2O8. The van der Waals surface area contributed by atoms with Gasteiger partial charge in [-0.05, 0) is 38.0 Å². The highest BCUT2D eigenvalue weighted by atomic mass is 16.5. The number of aliphatic hydroxyl groups excluding tert-OH is 2. The van der Waals surface area contributed by atoms with Crippen molar-refractivity contribution in [3.63, 3.8) is 0 Å². The molecule has 1 heterocycles. The summed E-state index contributed by atoms with van der Waals surface area (Å²) >= 11 is 0. The second-order valence-corrected chi connectivity index (χ2v) is 8.79. The molecule has 3 N–H and O–H groups in total. The predicted octanol–water partition coefficient (Wildman–Crippen LogP) is 1.19. The third-order valence-corrected chi connectivity index (χ3v) is 6.45. The molecule has 0 fully saturated rings. The van der Waals surface area contributed by atoms with Crippen LogP contribution in [0.5, 0.6) is 11.5 Å². The van der Waals surface area contributed by atoms with Crippen molar-refractivity contribution in [2.24, 2.45) is 0 Å². The van der Waals surface area contributed by atoms with Crippen molar-refractivity contribution in [1.29, 1.82) is 0 Å². The number of hydrogen-bond acceptors (Lipinski definition) is 8. The highest BCUT2D eigenvalue weighted by Gasteiger charge is 2.51. The molecule has 10 heteroatoms. The number of benzene rings is 1. The monoisotopic (exact) mass is 504 g/mol. The highest BCUT2D eigenvalue weighted by Crippen LogP contribution is 2.51. The molecule has 1 aromatic carbocycles. The van der Waals surface area contributed by atoms with E-state index in [9.17, 15) is 24.6 Å². The summed E-state index contributed by atoms with van der Waals surface area (Å²) in [6.45, 7) is 4.96. The predicted molar refractivity (Wildman–Crippen MR) is 131 cm³/mol. The summed E-state index contributed by atoms with van der Waals surface area (Å²) in [6, 6.07) is 2.35. The van der Waals surface area contributed by atoms with E-state index < -0.39 is 30.1 Å². The molecule has 2 aliphatic rings. The lowest BCUT2D eigenvalue weighted by molar-refractivity contribution is -0.137. The SMILES string of the molecule is CCCC(=O)N(CCCOCC)C1C=C(C(=O)NCCO)C2c3cc(C=O)cc(OC)c3OC2C1O. The lowest BCUT2D eigenvalue weighted by Crippen LogP contribution is -2.56. The van der Waals surface area contributed by atoms with Crippen molar-refractivity contribution < 1.29 is 38.8 Å². The Balaban J connectivity index is 2.07. The number of aliphatic hydroxyl groups is 2. The minimum atomic E-state index is -1.14. The fourth-order valence-corrected chi connectivity index (χ4v) is 4.84. The molecule has 10 nitrogen and oxygen atoms in total. The average molecular weight is 505 g/mol. The molecule has 1 aliphatic carbocycles. The lowest BCUT2D eigenvalue weighted by Gasteiger charge is -2.40. The number of nitrogens with zero attached hydrogens (tertiary/aromatic N) is 1. The summed E-state index contributed by atoms with van der Waals surface area (Å²) in [4.78, 5) is 39.5. The second-order valence-electron chi connectivity index (χ2n) is 8.79. The summed E-state index contributed by atoms with van der Waals surface area (Å²) in [5.41, 5.74) is 1.19. The van der Waals surface area contributed by atoms with Crippen LogP contribution in [0.3, 0.4) is 0 Å². The third-order valence-electron chi connectivity index (χ3n) is 6.45. The zero-order chi connectivity index (χ0) is 26.2. The Morgan fingerprint density at radius 2 is 2.06 bits per heavy atom. The molecule has 4 unspecified atom stereocenters. The largest absolute Gasteiger partial charge is 0.493 e. The molecule has 1 aromatic rings. The second kappa shape index (κ2) is 12.8. The smallest absolute Gasteiger partial charge is 0.247 e. The van der Waals surface area contributed by atoms with E-state index >= 15 is 0 Å². The van der Waals surface area contributed by atoms with Crippen LogP contribution in [0, 0.1) is 0 Å². The van der Waals surface area contributed by atoms with Crippen LogP contribution < -0.4 is 14.8 Å². The van der Waals surface area contributed by atoms with E-state index in [4.69, 9.17) is 14.2 Å². The lowest BCUT2D eigenvalue weighted by atomic mass is 9.77. The van der Waals surface area contributed by atoms with Crippen LogP contribution in [-0.2, 0) is 14.3 Å². The third kappa shape index (κ3) is 5.71. The van der Waals surface area contributed by atoms with Gasteiger partial charge in [-0.2, -0.15) is 0 Å². The van der Waals surface area contributed by atoms with Crippen molar-refractivity contribution >= 4 is 18.1 Å². The van der Waals surface area contributed by atoms with Crippen molar-refractivity contribution in [1.82, 2.24) is 10.2 Å². The quantitative estimate of drug-likeness (QED) is 0.269. The van der Waals surface area contributed by atoms with Crippen molar-refractivity contribution in [3.8, 4) is 11.5 Å². The first-order valence-corrected chi connectivity index (χ1v) is 12.4. The van der Waals surface area contributed by atoms with E-state index in [0.29, 0.717) is 73.5 Å².